The number of ether oxygens (including phenoxy) is 1. The second kappa shape index (κ2) is 12.3. The Hall–Kier alpha value is -3.85. The van der Waals surface area contributed by atoms with Crippen molar-refractivity contribution in [2.75, 3.05) is 62.7 Å². The summed E-state index contributed by atoms with van der Waals surface area (Å²) in [6.07, 6.45) is 6.36. The van der Waals surface area contributed by atoms with Crippen molar-refractivity contribution < 1.29 is 14.6 Å². The topological polar surface area (TPSA) is 94.1 Å². The van der Waals surface area contributed by atoms with Crippen molar-refractivity contribution in [2.45, 2.75) is 32.2 Å². The number of carbonyl (C=O) groups excluding carboxylic acids is 1. The minimum absolute atomic E-state index is 0.0362. The Balaban J connectivity index is 0.000000455. The molecular formula is C30H38N6O3. The van der Waals surface area contributed by atoms with E-state index in [9.17, 15) is 9.90 Å². The SMILES string of the molecule is C1CCNCC1.C=CC(=O)N1CCN(c2nc(OC)nc3c2CCN(c2cc(O)cc4ccccc24)C3)CC1. The maximum Gasteiger partial charge on any atom is 0.318 e. The molecule has 3 aliphatic rings. The Morgan fingerprint density at radius 2 is 1.79 bits per heavy atom. The third-order valence-electron chi connectivity index (χ3n) is 7.64. The number of aromatic hydroxyl groups is 1. The van der Waals surface area contributed by atoms with Gasteiger partial charge in [0.05, 0.1) is 19.3 Å². The number of anilines is 2. The van der Waals surface area contributed by atoms with E-state index in [1.165, 1.54) is 38.4 Å². The molecule has 0 atom stereocenters. The number of piperazine rings is 1. The van der Waals surface area contributed by atoms with Crippen LogP contribution in [-0.4, -0.2) is 78.8 Å². The number of piperidine rings is 1. The fraction of sp³-hybridized carbons (Fsp3) is 0.433. The average molecular weight is 531 g/mol. The van der Waals surface area contributed by atoms with Gasteiger partial charge in [-0.25, -0.2) is 0 Å². The molecule has 6 rings (SSSR count). The molecule has 9 nitrogen and oxygen atoms in total. The van der Waals surface area contributed by atoms with Crippen LogP contribution in [0.15, 0.2) is 49.1 Å². The van der Waals surface area contributed by atoms with Gasteiger partial charge in [-0.1, -0.05) is 37.3 Å². The van der Waals surface area contributed by atoms with Crippen molar-refractivity contribution in [2.24, 2.45) is 0 Å². The number of rotatable bonds is 4. The average Bonchev–Trinajstić information content (AvgIpc) is 3.00. The lowest BCUT2D eigenvalue weighted by Gasteiger charge is -2.38. The third-order valence-corrected chi connectivity index (χ3v) is 7.64. The summed E-state index contributed by atoms with van der Waals surface area (Å²) >= 11 is 0. The number of nitrogens with zero attached hydrogens (tertiary/aromatic N) is 5. The van der Waals surface area contributed by atoms with E-state index in [2.05, 4.69) is 32.7 Å². The summed E-state index contributed by atoms with van der Waals surface area (Å²) in [5, 5.41) is 15.7. The van der Waals surface area contributed by atoms with E-state index < -0.39 is 0 Å². The number of nitrogens with one attached hydrogen (secondary N) is 1. The molecular weight excluding hydrogens is 492 g/mol. The number of phenolic OH excluding ortho intramolecular Hbond substituents is 1. The maximum absolute atomic E-state index is 12.0. The first-order chi connectivity index (χ1) is 19.1. The highest BCUT2D eigenvalue weighted by Crippen LogP contribution is 2.36. The lowest BCUT2D eigenvalue weighted by molar-refractivity contribution is -0.126. The van der Waals surface area contributed by atoms with Gasteiger partial charge in [-0.15, -0.1) is 0 Å². The van der Waals surface area contributed by atoms with Crippen molar-refractivity contribution in [3.8, 4) is 11.8 Å². The Labute approximate surface area is 230 Å². The fourth-order valence-electron chi connectivity index (χ4n) is 5.55. The van der Waals surface area contributed by atoms with Crippen molar-refractivity contribution >= 4 is 28.2 Å². The Morgan fingerprint density at radius 3 is 2.46 bits per heavy atom. The normalized spacial score (nSPS) is 17.2. The van der Waals surface area contributed by atoms with E-state index in [1.54, 1.807) is 13.2 Å². The largest absolute Gasteiger partial charge is 0.508 e. The highest BCUT2D eigenvalue weighted by atomic mass is 16.5. The van der Waals surface area contributed by atoms with E-state index >= 15 is 0 Å². The van der Waals surface area contributed by atoms with Gasteiger partial charge in [-0.2, -0.15) is 9.97 Å². The lowest BCUT2D eigenvalue weighted by atomic mass is 10.0. The van der Waals surface area contributed by atoms with Gasteiger partial charge in [-0.3, -0.25) is 4.79 Å². The van der Waals surface area contributed by atoms with Crippen LogP contribution in [-0.2, 0) is 17.8 Å². The summed E-state index contributed by atoms with van der Waals surface area (Å²) < 4.78 is 5.43. The molecule has 9 heteroatoms. The maximum atomic E-state index is 12.0. The van der Waals surface area contributed by atoms with E-state index in [-0.39, 0.29) is 11.7 Å². The number of amides is 1. The number of hydrogen-bond acceptors (Lipinski definition) is 8. The molecule has 0 unspecified atom stereocenters. The minimum Gasteiger partial charge on any atom is -0.508 e. The fourth-order valence-corrected chi connectivity index (χ4v) is 5.55. The first kappa shape index (κ1) is 26.7. The summed E-state index contributed by atoms with van der Waals surface area (Å²) in [6.45, 7) is 10.1. The monoisotopic (exact) mass is 530 g/mol. The predicted octanol–water partition coefficient (Wildman–Crippen LogP) is 3.50. The van der Waals surface area contributed by atoms with Crippen molar-refractivity contribution in [3.05, 3.63) is 60.3 Å². The van der Waals surface area contributed by atoms with Crippen LogP contribution in [0, 0.1) is 0 Å². The van der Waals surface area contributed by atoms with E-state index in [0.29, 0.717) is 38.7 Å². The van der Waals surface area contributed by atoms with Gasteiger partial charge in [0.1, 0.15) is 11.6 Å². The Morgan fingerprint density at radius 1 is 1.03 bits per heavy atom. The third kappa shape index (κ3) is 6.09. The van der Waals surface area contributed by atoms with Gasteiger partial charge in [0.15, 0.2) is 0 Å². The quantitative estimate of drug-likeness (QED) is 0.495. The second-order valence-corrected chi connectivity index (χ2v) is 10.1. The number of aromatic nitrogens is 2. The number of carbonyl (C=O) groups is 1. The van der Waals surface area contributed by atoms with Crippen LogP contribution < -0.4 is 19.9 Å². The van der Waals surface area contributed by atoms with Crippen LogP contribution in [0.4, 0.5) is 11.5 Å². The zero-order valence-corrected chi connectivity index (χ0v) is 22.7. The van der Waals surface area contributed by atoms with Crippen LogP contribution in [0.3, 0.4) is 0 Å². The number of hydrogen-bond donors (Lipinski definition) is 2. The van der Waals surface area contributed by atoms with Crippen molar-refractivity contribution in [3.63, 3.8) is 0 Å². The van der Waals surface area contributed by atoms with Gasteiger partial charge in [0, 0.05) is 55.4 Å². The van der Waals surface area contributed by atoms with Gasteiger partial charge in [-0.05, 0) is 49.9 Å². The predicted molar refractivity (Wildman–Crippen MR) is 155 cm³/mol. The molecule has 1 aromatic heterocycles. The van der Waals surface area contributed by atoms with Gasteiger partial charge in [0.2, 0.25) is 5.91 Å². The minimum atomic E-state index is -0.0362. The zero-order chi connectivity index (χ0) is 27.2. The van der Waals surface area contributed by atoms with Gasteiger partial charge < -0.3 is 29.9 Å². The molecule has 0 spiro atoms. The van der Waals surface area contributed by atoms with Crippen LogP contribution in [0.5, 0.6) is 11.8 Å². The summed E-state index contributed by atoms with van der Waals surface area (Å²) in [5.41, 5.74) is 3.05. The van der Waals surface area contributed by atoms with Crippen molar-refractivity contribution in [1.29, 1.82) is 0 Å². The molecule has 0 radical (unpaired) electrons. The molecule has 1 amide bonds. The molecule has 3 aromatic rings. The molecule has 0 aliphatic carbocycles. The van der Waals surface area contributed by atoms with E-state index in [4.69, 9.17) is 9.72 Å². The number of fused-ring (bicyclic) bond motifs is 2. The van der Waals surface area contributed by atoms with Crippen molar-refractivity contribution in [1.82, 2.24) is 20.2 Å². The molecule has 3 aliphatic heterocycles. The van der Waals surface area contributed by atoms with Gasteiger partial charge >= 0.3 is 6.01 Å². The standard InChI is InChI=1S/C25H27N5O3.C5H11N/c1-3-23(32)28-10-12-29(13-11-28)24-20-8-9-30(16-21(20)26-25(27-24)33-2)22-15-18(31)14-17-6-4-5-7-19(17)22;1-2-4-6-5-3-1/h3-7,14-15,31H,1,8-13,16H2,2H3;6H,1-5H2. The summed E-state index contributed by atoms with van der Waals surface area (Å²) in [7, 11) is 1.58. The Bertz CT molecular complexity index is 1310. The van der Waals surface area contributed by atoms with Crippen LogP contribution >= 0.6 is 0 Å². The van der Waals surface area contributed by atoms with Crippen LogP contribution in [0.25, 0.3) is 10.8 Å². The Kier molecular flexibility index (Phi) is 8.46. The van der Waals surface area contributed by atoms with Crippen LogP contribution in [0.2, 0.25) is 0 Å². The first-order valence-corrected chi connectivity index (χ1v) is 13.8. The summed E-state index contributed by atoms with van der Waals surface area (Å²) in [5.74, 6) is 1.11. The summed E-state index contributed by atoms with van der Waals surface area (Å²) in [4.78, 5) is 27.6. The van der Waals surface area contributed by atoms with E-state index in [1.807, 2.05) is 29.2 Å². The molecule has 2 fully saturated rings. The van der Waals surface area contributed by atoms with Crippen LogP contribution in [0.1, 0.15) is 30.5 Å². The molecule has 0 bridgehead atoms. The smallest absolute Gasteiger partial charge is 0.318 e. The molecule has 39 heavy (non-hydrogen) atoms. The highest BCUT2D eigenvalue weighted by molar-refractivity contribution is 5.95. The zero-order valence-electron chi connectivity index (χ0n) is 22.7. The molecule has 2 N–H and O–H groups in total. The number of phenols is 1. The molecule has 2 aromatic carbocycles. The number of methoxy groups -OCH3 is 1. The summed E-state index contributed by atoms with van der Waals surface area (Å²) in [6, 6.07) is 12.0. The first-order valence-electron chi connectivity index (χ1n) is 13.8. The number of benzene rings is 2. The molecule has 0 saturated carbocycles. The van der Waals surface area contributed by atoms with E-state index in [0.717, 1.165) is 46.5 Å². The second-order valence-electron chi connectivity index (χ2n) is 10.1. The highest BCUT2D eigenvalue weighted by Gasteiger charge is 2.29. The molecule has 206 valence electrons. The molecule has 2 saturated heterocycles. The lowest BCUT2D eigenvalue weighted by Crippen LogP contribution is -2.49. The van der Waals surface area contributed by atoms with Gasteiger partial charge in [0.25, 0.3) is 0 Å². The molecule has 4 heterocycles.